The normalized spacial score (nSPS) is 15.5. The molecule has 5 heteroatoms. The molecule has 5 nitrogen and oxygen atoms in total. The van der Waals surface area contributed by atoms with Crippen molar-refractivity contribution in [3.8, 4) is 5.75 Å². The summed E-state index contributed by atoms with van der Waals surface area (Å²) in [4.78, 5) is 27.0. The van der Waals surface area contributed by atoms with Crippen LogP contribution in [0.25, 0.3) is 0 Å². The fourth-order valence-corrected chi connectivity index (χ4v) is 3.18. The molecule has 0 radical (unpaired) electrons. The van der Waals surface area contributed by atoms with Crippen molar-refractivity contribution in [2.75, 3.05) is 18.6 Å². The van der Waals surface area contributed by atoms with E-state index in [9.17, 15) is 9.59 Å². The second-order valence-electron chi connectivity index (χ2n) is 6.36. The minimum atomic E-state index is -0.523. The van der Waals surface area contributed by atoms with Crippen molar-refractivity contribution >= 4 is 17.5 Å². The van der Waals surface area contributed by atoms with Crippen LogP contribution in [0.15, 0.2) is 48.5 Å². The predicted molar refractivity (Wildman–Crippen MR) is 102 cm³/mol. The first-order chi connectivity index (χ1) is 12.7. The van der Waals surface area contributed by atoms with Gasteiger partial charge in [-0.15, -0.1) is 0 Å². The largest absolute Gasteiger partial charge is 0.494 e. The fraction of sp³-hybridized carbons (Fsp3) is 0.333. The molecule has 2 aromatic rings. The average Bonchev–Trinajstić information content (AvgIpc) is 3.07. The lowest BCUT2D eigenvalue weighted by Crippen LogP contribution is -2.47. The van der Waals surface area contributed by atoms with Gasteiger partial charge in [0.05, 0.1) is 6.61 Å². The molecule has 0 aromatic heterocycles. The first kappa shape index (κ1) is 18.0. The molecule has 0 saturated heterocycles. The Bertz CT molecular complexity index is 786. The van der Waals surface area contributed by atoms with Gasteiger partial charge in [0.25, 0.3) is 5.91 Å². The van der Waals surface area contributed by atoms with Crippen LogP contribution in [0.5, 0.6) is 5.75 Å². The first-order valence-corrected chi connectivity index (χ1v) is 9.01. The van der Waals surface area contributed by atoms with Crippen molar-refractivity contribution in [1.82, 2.24) is 5.32 Å². The molecule has 2 aromatic carbocycles. The maximum Gasteiger partial charge on any atom is 0.259 e. The number of nitrogens with zero attached hydrogens (tertiary/aromatic N) is 1. The van der Waals surface area contributed by atoms with Crippen molar-refractivity contribution in [3.05, 3.63) is 59.7 Å². The second-order valence-corrected chi connectivity index (χ2v) is 6.36. The van der Waals surface area contributed by atoms with Gasteiger partial charge in [-0.3, -0.25) is 14.5 Å². The molecule has 1 N–H and O–H groups in total. The number of ether oxygens (including phenoxy) is 1. The zero-order valence-electron chi connectivity index (χ0n) is 15.2. The summed E-state index contributed by atoms with van der Waals surface area (Å²) in [6, 6.07) is 14.3. The summed E-state index contributed by atoms with van der Waals surface area (Å²) < 4.78 is 5.65. The van der Waals surface area contributed by atoms with Crippen LogP contribution in [0, 0.1) is 0 Å². The van der Waals surface area contributed by atoms with Gasteiger partial charge >= 0.3 is 0 Å². The van der Waals surface area contributed by atoms with Crippen molar-refractivity contribution in [2.45, 2.75) is 32.2 Å². The molecule has 1 heterocycles. The molecule has 0 aliphatic carbocycles. The molecule has 1 atom stereocenters. The van der Waals surface area contributed by atoms with Gasteiger partial charge in [0, 0.05) is 24.7 Å². The summed E-state index contributed by atoms with van der Waals surface area (Å²) in [6.45, 7) is 2.78. The zero-order chi connectivity index (χ0) is 18.5. The monoisotopic (exact) mass is 352 g/mol. The first-order valence-electron chi connectivity index (χ1n) is 9.01. The van der Waals surface area contributed by atoms with E-state index in [1.54, 1.807) is 36.2 Å². The Morgan fingerprint density at radius 3 is 2.58 bits per heavy atom. The smallest absolute Gasteiger partial charge is 0.259 e. The van der Waals surface area contributed by atoms with Crippen molar-refractivity contribution in [1.29, 1.82) is 0 Å². The van der Waals surface area contributed by atoms with Crippen LogP contribution >= 0.6 is 0 Å². The van der Waals surface area contributed by atoms with Crippen LogP contribution in [-0.2, 0) is 11.2 Å². The molecule has 0 spiro atoms. The molecule has 0 saturated carbocycles. The van der Waals surface area contributed by atoms with E-state index < -0.39 is 6.04 Å². The minimum Gasteiger partial charge on any atom is -0.494 e. The number of anilines is 1. The lowest BCUT2D eigenvalue weighted by molar-refractivity contribution is -0.121. The average molecular weight is 352 g/mol. The van der Waals surface area contributed by atoms with E-state index in [0.717, 1.165) is 29.8 Å². The summed E-state index contributed by atoms with van der Waals surface area (Å²) in [6.07, 6.45) is 2.60. The molecule has 1 aliphatic heterocycles. The molecule has 3 rings (SSSR count). The Kier molecular flexibility index (Phi) is 5.56. The van der Waals surface area contributed by atoms with Gasteiger partial charge in [-0.2, -0.15) is 0 Å². The van der Waals surface area contributed by atoms with Crippen molar-refractivity contribution in [3.63, 3.8) is 0 Å². The van der Waals surface area contributed by atoms with E-state index in [1.165, 1.54) is 0 Å². The number of unbranched alkanes of at least 4 members (excludes halogenated alkanes) is 1. The third-order valence-electron chi connectivity index (χ3n) is 4.61. The van der Waals surface area contributed by atoms with Gasteiger partial charge in [-0.05, 0) is 42.3 Å². The lowest BCUT2D eigenvalue weighted by Gasteiger charge is -2.24. The number of carbonyl (C=O) groups is 2. The summed E-state index contributed by atoms with van der Waals surface area (Å²) in [5, 5.41) is 2.66. The van der Waals surface area contributed by atoms with Crippen molar-refractivity contribution in [2.24, 2.45) is 0 Å². The highest BCUT2D eigenvalue weighted by atomic mass is 16.5. The van der Waals surface area contributed by atoms with Crippen molar-refractivity contribution < 1.29 is 14.3 Å². The fourth-order valence-electron chi connectivity index (χ4n) is 3.18. The Labute approximate surface area is 154 Å². The molecular formula is C21H24N2O3. The van der Waals surface area contributed by atoms with Gasteiger partial charge in [0.2, 0.25) is 5.91 Å². The number of amides is 2. The van der Waals surface area contributed by atoms with E-state index in [0.29, 0.717) is 18.6 Å². The number of fused-ring (bicyclic) bond motifs is 1. The van der Waals surface area contributed by atoms with Crippen LogP contribution in [0.4, 0.5) is 5.69 Å². The number of nitrogens with one attached hydrogen (secondary N) is 1. The number of hydrogen-bond donors (Lipinski definition) is 1. The standard InChI is InChI=1S/C21H24N2O3/c1-3-4-13-26-17-11-9-15(10-12-17)21(25)23-18-8-6-5-7-16(18)14-19(23)20(24)22-2/h5-12,19H,3-4,13-14H2,1-2H3,(H,22,24). The number of carbonyl (C=O) groups excluding carboxylic acids is 2. The molecule has 26 heavy (non-hydrogen) atoms. The van der Waals surface area contributed by atoms with Crippen LogP contribution in [0.2, 0.25) is 0 Å². The van der Waals surface area contributed by atoms with E-state index in [1.807, 2.05) is 24.3 Å². The summed E-state index contributed by atoms with van der Waals surface area (Å²) in [5.41, 5.74) is 2.35. The van der Waals surface area contributed by atoms with Crippen LogP contribution in [0.1, 0.15) is 35.7 Å². The third-order valence-corrected chi connectivity index (χ3v) is 4.61. The van der Waals surface area contributed by atoms with Gasteiger partial charge in [0.15, 0.2) is 0 Å². The number of rotatable bonds is 6. The third kappa shape index (κ3) is 3.57. The highest BCUT2D eigenvalue weighted by Crippen LogP contribution is 2.33. The number of hydrogen-bond acceptors (Lipinski definition) is 3. The lowest BCUT2D eigenvalue weighted by atomic mass is 10.1. The Morgan fingerprint density at radius 2 is 1.88 bits per heavy atom. The Morgan fingerprint density at radius 1 is 1.15 bits per heavy atom. The number of para-hydroxylation sites is 1. The number of benzene rings is 2. The van der Waals surface area contributed by atoms with E-state index in [2.05, 4.69) is 12.2 Å². The van der Waals surface area contributed by atoms with Crippen LogP contribution in [0.3, 0.4) is 0 Å². The second kappa shape index (κ2) is 8.04. The topological polar surface area (TPSA) is 58.6 Å². The molecule has 1 aliphatic rings. The summed E-state index contributed by atoms with van der Waals surface area (Å²) in [7, 11) is 1.59. The predicted octanol–water partition coefficient (Wildman–Crippen LogP) is 3.18. The zero-order valence-corrected chi connectivity index (χ0v) is 15.2. The molecular weight excluding hydrogens is 328 g/mol. The quantitative estimate of drug-likeness (QED) is 0.813. The van der Waals surface area contributed by atoms with E-state index in [-0.39, 0.29) is 11.8 Å². The highest BCUT2D eigenvalue weighted by Gasteiger charge is 2.38. The molecule has 0 bridgehead atoms. The Hall–Kier alpha value is -2.82. The number of likely N-dealkylation sites (N-methyl/N-ethyl adjacent to an activating group) is 1. The highest BCUT2D eigenvalue weighted by molar-refractivity contribution is 6.11. The maximum absolute atomic E-state index is 13.1. The molecule has 136 valence electrons. The van der Waals surface area contributed by atoms with Gasteiger partial charge in [-0.1, -0.05) is 31.5 Å². The molecule has 1 unspecified atom stereocenters. The summed E-state index contributed by atoms with van der Waals surface area (Å²) in [5.74, 6) is 0.414. The summed E-state index contributed by atoms with van der Waals surface area (Å²) >= 11 is 0. The minimum absolute atomic E-state index is 0.158. The SMILES string of the molecule is CCCCOc1ccc(C(=O)N2c3ccccc3CC2C(=O)NC)cc1. The molecule has 2 amide bonds. The van der Waals surface area contributed by atoms with Gasteiger partial charge in [0.1, 0.15) is 11.8 Å². The van der Waals surface area contributed by atoms with E-state index >= 15 is 0 Å². The Balaban J connectivity index is 1.83. The van der Waals surface area contributed by atoms with E-state index in [4.69, 9.17) is 4.74 Å². The van der Waals surface area contributed by atoms with Gasteiger partial charge in [-0.25, -0.2) is 0 Å². The van der Waals surface area contributed by atoms with Crippen LogP contribution in [-0.4, -0.2) is 31.5 Å². The van der Waals surface area contributed by atoms with Gasteiger partial charge < -0.3 is 10.1 Å². The maximum atomic E-state index is 13.1. The van der Waals surface area contributed by atoms with Crippen LogP contribution < -0.4 is 15.0 Å². The molecule has 0 fully saturated rings.